The molecule has 1 unspecified atom stereocenters. The zero-order valence-corrected chi connectivity index (χ0v) is 12.1. The standard InChI is InChI=1S/C13H15ClN2O5/c1-2-3-8(13(18)19)7-15-12(17)10-6-9(16(20)21)4-5-11(10)14/h4-6,8H,2-3,7H2,1H3,(H,15,17)(H,18,19). The Kier molecular flexibility index (Phi) is 6.10. The van der Waals surface area contributed by atoms with Crippen LogP contribution in [0.2, 0.25) is 5.02 Å². The molecule has 1 amide bonds. The van der Waals surface area contributed by atoms with Crippen molar-refractivity contribution in [2.24, 2.45) is 5.92 Å². The van der Waals surface area contributed by atoms with Crippen molar-refractivity contribution in [2.45, 2.75) is 19.8 Å². The molecule has 8 heteroatoms. The average Bonchev–Trinajstić information content (AvgIpc) is 2.42. The van der Waals surface area contributed by atoms with E-state index in [9.17, 15) is 19.7 Å². The van der Waals surface area contributed by atoms with Gasteiger partial charge in [0.05, 0.1) is 21.4 Å². The number of nitro benzene ring substituents is 1. The molecule has 0 spiro atoms. The molecule has 21 heavy (non-hydrogen) atoms. The van der Waals surface area contributed by atoms with Gasteiger partial charge in [0.1, 0.15) is 0 Å². The number of nitrogens with zero attached hydrogens (tertiary/aromatic N) is 1. The molecule has 0 fully saturated rings. The smallest absolute Gasteiger partial charge is 0.308 e. The van der Waals surface area contributed by atoms with Gasteiger partial charge in [-0.1, -0.05) is 24.9 Å². The molecule has 0 radical (unpaired) electrons. The summed E-state index contributed by atoms with van der Waals surface area (Å²) in [6, 6.07) is 3.51. The van der Waals surface area contributed by atoms with Crippen LogP contribution in [0.4, 0.5) is 5.69 Å². The first-order valence-corrected chi connectivity index (χ1v) is 6.69. The average molecular weight is 315 g/mol. The lowest BCUT2D eigenvalue weighted by Gasteiger charge is -2.12. The molecule has 0 heterocycles. The number of benzene rings is 1. The first kappa shape index (κ1) is 16.9. The van der Waals surface area contributed by atoms with Gasteiger partial charge in [0.15, 0.2) is 0 Å². The Labute approximate surface area is 126 Å². The molecule has 0 saturated heterocycles. The van der Waals surface area contributed by atoms with Gasteiger partial charge in [-0.05, 0) is 12.5 Å². The molecule has 1 atom stereocenters. The van der Waals surface area contributed by atoms with E-state index >= 15 is 0 Å². The number of carbonyl (C=O) groups is 2. The van der Waals surface area contributed by atoms with Gasteiger partial charge >= 0.3 is 5.97 Å². The van der Waals surface area contributed by atoms with E-state index in [0.29, 0.717) is 12.8 Å². The number of carboxylic acids is 1. The Morgan fingerprint density at radius 2 is 2.14 bits per heavy atom. The van der Waals surface area contributed by atoms with Crippen molar-refractivity contribution in [3.8, 4) is 0 Å². The summed E-state index contributed by atoms with van der Waals surface area (Å²) in [6.07, 6.45) is 1.10. The van der Waals surface area contributed by atoms with Crippen LogP contribution in [0.3, 0.4) is 0 Å². The second-order valence-corrected chi connectivity index (χ2v) is 4.86. The van der Waals surface area contributed by atoms with Crippen LogP contribution >= 0.6 is 11.6 Å². The van der Waals surface area contributed by atoms with E-state index < -0.39 is 22.7 Å². The molecule has 0 aliphatic heterocycles. The monoisotopic (exact) mass is 314 g/mol. The van der Waals surface area contributed by atoms with Gasteiger partial charge < -0.3 is 10.4 Å². The minimum atomic E-state index is -0.998. The molecule has 1 aromatic carbocycles. The molecule has 1 aromatic rings. The van der Waals surface area contributed by atoms with Crippen molar-refractivity contribution in [1.82, 2.24) is 5.32 Å². The fraction of sp³-hybridized carbons (Fsp3) is 0.385. The van der Waals surface area contributed by atoms with Gasteiger partial charge in [0.25, 0.3) is 11.6 Å². The topological polar surface area (TPSA) is 110 Å². The highest BCUT2D eigenvalue weighted by atomic mass is 35.5. The maximum atomic E-state index is 12.0. The highest BCUT2D eigenvalue weighted by Gasteiger charge is 2.20. The highest BCUT2D eigenvalue weighted by Crippen LogP contribution is 2.22. The Morgan fingerprint density at radius 3 is 2.67 bits per heavy atom. The van der Waals surface area contributed by atoms with Gasteiger partial charge in [-0.15, -0.1) is 0 Å². The van der Waals surface area contributed by atoms with Crippen molar-refractivity contribution in [3.05, 3.63) is 38.9 Å². The number of hydrogen-bond donors (Lipinski definition) is 2. The molecule has 0 aliphatic carbocycles. The number of hydrogen-bond acceptors (Lipinski definition) is 4. The molecule has 2 N–H and O–H groups in total. The largest absolute Gasteiger partial charge is 0.481 e. The summed E-state index contributed by atoms with van der Waals surface area (Å²) in [5, 5.41) is 22.2. The zero-order chi connectivity index (χ0) is 16.0. The van der Waals surface area contributed by atoms with E-state index in [1.807, 2.05) is 6.92 Å². The molecular formula is C13H15ClN2O5. The second-order valence-electron chi connectivity index (χ2n) is 4.46. The quantitative estimate of drug-likeness (QED) is 0.593. The highest BCUT2D eigenvalue weighted by molar-refractivity contribution is 6.33. The van der Waals surface area contributed by atoms with Crippen molar-refractivity contribution in [1.29, 1.82) is 0 Å². The Hall–Kier alpha value is -2.15. The summed E-state index contributed by atoms with van der Waals surface area (Å²) in [5.41, 5.74) is -0.306. The molecule has 0 bridgehead atoms. The predicted molar refractivity (Wildman–Crippen MR) is 76.5 cm³/mol. The third-order valence-corrected chi connectivity index (χ3v) is 3.23. The molecule has 1 rings (SSSR count). The molecule has 7 nitrogen and oxygen atoms in total. The fourth-order valence-corrected chi connectivity index (χ4v) is 1.98. The van der Waals surface area contributed by atoms with Crippen molar-refractivity contribution in [3.63, 3.8) is 0 Å². The van der Waals surface area contributed by atoms with Crippen LogP contribution in [0.15, 0.2) is 18.2 Å². The Morgan fingerprint density at radius 1 is 1.48 bits per heavy atom. The fourth-order valence-electron chi connectivity index (χ4n) is 1.77. The summed E-state index contributed by atoms with van der Waals surface area (Å²) in [4.78, 5) is 33.0. The minimum Gasteiger partial charge on any atom is -0.481 e. The van der Waals surface area contributed by atoms with Crippen LogP contribution in [-0.2, 0) is 4.79 Å². The van der Waals surface area contributed by atoms with Gasteiger partial charge in [0, 0.05) is 18.7 Å². The zero-order valence-electron chi connectivity index (χ0n) is 11.3. The van der Waals surface area contributed by atoms with E-state index in [1.165, 1.54) is 12.1 Å². The molecule has 0 saturated carbocycles. The summed E-state index contributed by atoms with van der Waals surface area (Å²) in [6.45, 7) is 1.79. The van der Waals surface area contributed by atoms with Crippen LogP contribution in [-0.4, -0.2) is 28.5 Å². The van der Waals surface area contributed by atoms with Crippen LogP contribution in [0, 0.1) is 16.0 Å². The number of non-ortho nitro benzene ring substituents is 1. The normalized spacial score (nSPS) is 11.7. The number of carboxylic acid groups (broad SMARTS) is 1. The van der Waals surface area contributed by atoms with Gasteiger partial charge in [-0.3, -0.25) is 19.7 Å². The van der Waals surface area contributed by atoms with Crippen LogP contribution in [0.5, 0.6) is 0 Å². The SMILES string of the molecule is CCCC(CNC(=O)c1cc([N+](=O)[O-])ccc1Cl)C(=O)O. The summed E-state index contributed by atoms with van der Waals surface area (Å²) in [7, 11) is 0. The van der Waals surface area contributed by atoms with Crippen molar-refractivity contribution in [2.75, 3.05) is 6.54 Å². The minimum absolute atomic E-state index is 0.0495. The number of nitrogens with one attached hydrogen (secondary N) is 1. The summed E-state index contributed by atoms with van der Waals surface area (Å²) in [5.74, 6) is -2.33. The molecular weight excluding hydrogens is 300 g/mol. The third-order valence-electron chi connectivity index (χ3n) is 2.90. The lowest BCUT2D eigenvalue weighted by Crippen LogP contribution is -2.33. The van der Waals surface area contributed by atoms with E-state index in [2.05, 4.69) is 5.32 Å². The lowest BCUT2D eigenvalue weighted by atomic mass is 10.0. The Balaban J connectivity index is 2.82. The number of carbonyl (C=O) groups excluding carboxylic acids is 1. The molecule has 114 valence electrons. The maximum absolute atomic E-state index is 12.0. The second kappa shape index (κ2) is 7.58. The van der Waals surface area contributed by atoms with Crippen molar-refractivity contribution >= 4 is 29.2 Å². The van der Waals surface area contributed by atoms with Crippen LogP contribution in [0.1, 0.15) is 30.1 Å². The predicted octanol–water partition coefficient (Wildman–Crippen LogP) is 2.48. The Bertz CT molecular complexity index is 561. The summed E-state index contributed by atoms with van der Waals surface area (Å²) >= 11 is 5.84. The van der Waals surface area contributed by atoms with Gasteiger partial charge in [0.2, 0.25) is 0 Å². The maximum Gasteiger partial charge on any atom is 0.308 e. The van der Waals surface area contributed by atoms with E-state index in [0.717, 1.165) is 6.07 Å². The number of nitro groups is 1. The van der Waals surface area contributed by atoms with Crippen molar-refractivity contribution < 1.29 is 19.6 Å². The van der Waals surface area contributed by atoms with Gasteiger partial charge in [-0.2, -0.15) is 0 Å². The van der Waals surface area contributed by atoms with Gasteiger partial charge in [-0.25, -0.2) is 0 Å². The number of aliphatic carboxylic acids is 1. The van der Waals surface area contributed by atoms with Crippen LogP contribution < -0.4 is 5.32 Å². The molecule has 0 aromatic heterocycles. The number of rotatable bonds is 7. The molecule has 0 aliphatic rings. The van der Waals surface area contributed by atoms with Crippen LogP contribution in [0.25, 0.3) is 0 Å². The third kappa shape index (κ3) is 4.71. The van der Waals surface area contributed by atoms with E-state index in [1.54, 1.807) is 0 Å². The number of halogens is 1. The lowest BCUT2D eigenvalue weighted by molar-refractivity contribution is -0.384. The first-order valence-electron chi connectivity index (χ1n) is 6.31. The summed E-state index contributed by atoms with van der Waals surface area (Å²) < 4.78 is 0. The first-order chi connectivity index (χ1) is 9.86. The van der Waals surface area contributed by atoms with E-state index in [4.69, 9.17) is 16.7 Å². The van der Waals surface area contributed by atoms with E-state index in [-0.39, 0.29) is 22.8 Å². The number of amides is 1.